The quantitative estimate of drug-likeness (QED) is 0.115. The Hall–Kier alpha value is -14.1. The summed E-state index contributed by atoms with van der Waals surface area (Å²) in [6.45, 7) is 6.53. The Morgan fingerprint density at radius 1 is 0.185 bits per heavy atom. The van der Waals surface area contributed by atoms with Gasteiger partial charge in [0, 0.05) is 93.8 Å². The maximum Gasteiger partial charge on any atom is 0.0956 e. The molecule has 508 valence electrons. The highest BCUT2D eigenvalue weighted by Gasteiger charge is 2.27. The largest absolute Gasteiger partial charge is 0.309 e. The third-order valence-electron chi connectivity index (χ3n) is 21.4. The second-order valence-corrected chi connectivity index (χ2v) is 28.4. The summed E-state index contributed by atoms with van der Waals surface area (Å²) in [5.41, 5.74) is 32.0. The summed E-state index contributed by atoms with van der Waals surface area (Å²) in [6.07, 6.45) is 0. The van der Waals surface area contributed by atoms with Crippen LogP contribution >= 0.6 is 0 Å². The van der Waals surface area contributed by atoms with Crippen LogP contribution < -0.4 is 0 Å². The molecule has 7 nitrogen and oxygen atoms in total. The van der Waals surface area contributed by atoms with E-state index in [4.69, 9.17) is 19.9 Å². The van der Waals surface area contributed by atoms with Gasteiger partial charge in [0.05, 0.1) is 84.3 Å². The number of nitrogens with zero attached hydrogens (tertiary/aromatic N) is 7. The number of fused-ring (bicyclic) bond motifs is 9. The van der Waals surface area contributed by atoms with Crippen molar-refractivity contribution >= 4 is 65.4 Å². The lowest BCUT2D eigenvalue weighted by Gasteiger charge is -2.22. The highest BCUT2D eigenvalue weighted by molar-refractivity contribution is 6.13. The second kappa shape index (κ2) is 26.2. The van der Waals surface area contributed by atoms with Crippen LogP contribution in [0.25, 0.3) is 195 Å². The first-order valence-electron chi connectivity index (χ1n) is 36.9. The van der Waals surface area contributed by atoms with E-state index in [9.17, 15) is 0 Å². The summed E-state index contributed by atoms with van der Waals surface area (Å²) in [5, 5.41) is 7.23. The van der Waals surface area contributed by atoms with Crippen LogP contribution in [0.1, 0.15) is 16.7 Å². The van der Waals surface area contributed by atoms with Gasteiger partial charge in [0.15, 0.2) is 0 Å². The highest BCUT2D eigenvalue weighted by atomic mass is 15.0. The molecule has 7 heteroatoms. The number of rotatable bonds is 13. The van der Waals surface area contributed by atoms with Crippen LogP contribution in [0.2, 0.25) is 0 Å². The lowest BCUT2D eigenvalue weighted by molar-refractivity contribution is 1.14. The van der Waals surface area contributed by atoms with Crippen molar-refractivity contribution in [2.45, 2.75) is 20.8 Å². The molecule has 0 atom stereocenters. The molecule has 0 amide bonds. The minimum absolute atomic E-state index is 0.791. The molecule has 108 heavy (non-hydrogen) atoms. The zero-order valence-electron chi connectivity index (χ0n) is 59.8. The first-order chi connectivity index (χ1) is 53.2. The molecule has 0 N–H and O–H groups in total. The van der Waals surface area contributed by atoms with Crippen LogP contribution in [-0.4, -0.2) is 33.6 Å². The summed E-state index contributed by atoms with van der Waals surface area (Å²) >= 11 is 0. The Balaban J connectivity index is 0.870. The summed E-state index contributed by atoms with van der Waals surface area (Å²) < 4.78 is 7.29. The predicted molar refractivity (Wildman–Crippen MR) is 449 cm³/mol. The predicted octanol–water partition coefficient (Wildman–Crippen LogP) is 26.2. The van der Waals surface area contributed by atoms with Crippen molar-refractivity contribution in [2.75, 3.05) is 0 Å². The van der Waals surface area contributed by atoms with E-state index in [2.05, 4.69) is 398 Å². The SMILES string of the molecule is Cc1ccc2c(c1)c1ccccc1n2-c1ccc(-c2cc(-c3ccccc3-c3cc(-c4cc(-c5ccccc5)nc(-c5ccccc5)c4)nc(-c4cc(-c5ccccc5)nc(-c5ccccc5)c4)c3)c(-n3c4ccccc4c4cc(C)ccc43)c(-c3ccc(-n4c5ccccc5c5cc(C)ccc54)cc3)n2)cc1. The molecule has 0 radical (unpaired) electrons. The molecule has 0 saturated carbocycles. The number of pyridine rings is 4. The number of hydrogen-bond acceptors (Lipinski definition) is 4. The maximum atomic E-state index is 6.08. The van der Waals surface area contributed by atoms with Crippen molar-refractivity contribution in [1.29, 1.82) is 0 Å². The first-order valence-corrected chi connectivity index (χ1v) is 36.9. The third kappa shape index (κ3) is 11.1. The average Bonchev–Trinajstić information content (AvgIpc) is 1.44. The second-order valence-electron chi connectivity index (χ2n) is 28.4. The van der Waals surface area contributed by atoms with Gasteiger partial charge in [-0.25, -0.2) is 19.9 Å². The van der Waals surface area contributed by atoms with Crippen molar-refractivity contribution in [3.05, 3.63) is 381 Å². The topological polar surface area (TPSA) is 66.3 Å². The van der Waals surface area contributed by atoms with Crippen LogP contribution in [0.3, 0.4) is 0 Å². The summed E-state index contributed by atoms with van der Waals surface area (Å²) in [5.74, 6) is 0. The number of benzene rings is 13. The smallest absolute Gasteiger partial charge is 0.0956 e. The lowest BCUT2D eigenvalue weighted by Crippen LogP contribution is -2.05. The molecule has 0 unspecified atom stereocenters. The Morgan fingerprint density at radius 2 is 0.481 bits per heavy atom. The van der Waals surface area contributed by atoms with Crippen LogP contribution in [0.4, 0.5) is 0 Å². The van der Waals surface area contributed by atoms with Gasteiger partial charge in [-0.15, -0.1) is 0 Å². The van der Waals surface area contributed by atoms with Crippen molar-refractivity contribution in [3.8, 4) is 129 Å². The Labute approximate surface area is 625 Å². The van der Waals surface area contributed by atoms with Gasteiger partial charge in [-0.3, -0.25) is 0 Å². The molecule has 7 heterocycles. The van der Waals surface area contributed by atoms with Gasteiger partial charge >= 0.3 is 0 Å². The normalized spacial score (nSPS) is 11.7. The van der Waals surface area contributed by atoms with Crippen molar-refractivity contribution in [1.82, 2.24) is 33.6 Å². The van der Waals surface area contributed by atoms with Gasteiger partial charge in [0.2, 0.25) is 0 Å². The van der Waals surface area contributed by atoms with Gasteiger partial charge in [0.1, 0.15) is 0 Å². The monoisotopic (exact) mass is 1380 g/mol. The zero-order valence-corrected chi connectivity index (χ0v) is 59.8. The van der Waals surface area contributed by atoms with E-state index in [1.165, 1.54) is 43.6 Å². The zero-order chi connectivity index (χ0) is 71.9. The molecule has 0 aliphatic heterocycles. The summed E-state index contributed by atoms with van der Waals surface area (Å²) in [6, 6.07) is 132. The first kappa shape index (κ1) is 63.5. The van der Waals surface area contributed by atoms with E-state index in [0.29, 0.717) is 0 Å². The van der Waals surface area contributed by atoms with Crippen LogP contribution in [0, 0.1) is 20.8 Å². The minimum Gasteiger partial charge on any atom is -0.309 e. The summed E-state index contributed by atoms with van der Waals surface area (Å²) in [4.78, 5) is 22.7. The van der Waals surface area contributed by atoms with Crippen LogP contribution in [-0.2, 0) is 0 Å². The molecule has 0 saturated heterocycles. The van der Waals surface area contributed by atoms with Crippen molar-refractivity contribution in [2.24, 2.45) is 0 Å². The van der Waals surface area contributed by atoms with E-state index < -0.39 is 0 Å². The number of para-hydroxylation sites is 3. The van der Waals surface area contributed by atoms with Gasteiger partial charge in [-0.1, -0.05) is 259 Å². The Kier molecular flexibility index (Phi) is 15.4. The van der Waals surface area contributed by atoms with Crippen molar-refractivity contribution < 1.29 is 0 Å². The summed E-state index contributed by atoms with van der Waals surface area (Å²) in [7, 11) is 0. The van der Waals surface area contributed by atoms with E-state index in [1.807, 2.05) is 0 Å². The third-order valence-corrected chi connectivity index (χ3v) is 21.4. The standard InChI is InChI=1S/C101H69N7/c1-64-40-51-97-83(54-64)80-34-18-21-37-94(80)106(97)76-47-43-71(44-48-76)93-63-86(101(108-96-39-23-20-36-82(96)85-56-66(3)42-53-99(85)108)100(105-93)72-45-49-77(50-46-72)107-95-38-22-19-35-81(95)84-55-65(2)41-52-98(84)107)79-33-17-16-32-78(79)73-57-91(74-59-87(67-24-8-4-9-25-67)102-88(60-74)68-26-10-5-11-27-68)104-92(58-73)75-61-89(69-28-12-6-13-29-69)103-90(62-75)70-30-14-7-15-31-70/h4-63H,1-3H3. The van der Waals surface area contributed by atoms with Crippen molar-refractivity contribution in [3.63, 3.8) is 0 Å². The molecule has 13 aromatic carbocycles. The van der Waals surface area contributed by atoms with E-state index >= 15 is 0 Å². The fourth-order valence-corrected chi connectivity index (χ4v) is 16.3. The molecule has 0 aliphatic carbocycles. The number of hydrogen-bond donors (Lipinski definition) is 0. The minimum atomic E-state index is 0.791. The molecule has 20 rings (SSSR count). The fraction of sp³-hybridized carbons (Fsp3) is 0.0297. The number of aryl methyl sites for hydroxylation is 3. The fourth-order valence-electron chi connectivity index (χ4n) is 16.3. The van der Waals surface area contributed by atoms with Gasteiger partial charge in [-0.05, 0) is 159 Å². The molecule has 0 aliphatic rings. The van der Waals surface area contributed by atoms with Crippen LogP contribution in [0.15, 0.2) is 364 Å². The molecule has 20 aromatic rings. The molecule has 0 bridgehead atoms. The lowest BCUT2D eigenvalue weighted by atomic mass is 9.90. The molecule has 7 aromatic heterocycles. The van der Waals surface area contributed by atoms with E-state index in [1.54, 1.807) is 0 Å². The number of aromatic nitrogens is 7. The average molecular weight is 1380 g/mol. The van der Waals surface area contributed by atoms with E-state index in [0.717, 1.165) is 168 Å². The molecule has 0 fully saturated rings. The van der Waals surface area contributed by atoms with Crippen LogP contribution in [0.5, 0.6) is 0 Å². The Bertz CT molecular complexity index is 6650. The maximum absolute atomic E-state index is 6.08. The molecule has 0 spiro atoms. The van der Waals surface area contributed by atoms with E-state index in [-0.39, 0.29) is 0 Å². The van der Waals surface area contributed by atoms with Gasteiger partial charge in [0.25, 0.3) is 0 Å². The highest BCUT2D eigenvalue weighted by Crippen LogP contribution is 2.48. The van der Waals surface area contributed by atoms with Gasteiger partial charge in [-0.2, -0.15) is 0 Å². The molecular weight excluding hydrogens is 1310 g/mol. The molecular formula is C101H69N7. The van der Waals surface area contributed by atoms with Gasteiger partial charge < -0.3 is 13.7 Å². The Morgan fingerprint density at radius 3 is 0.889 bits per heavy atom.